The van der Waals surface area contributed by atoms with Gasteiger partial charge in [0.25, 0.3) is 0 Å². The largest absolute Gasteiger partial charge is 0.413 e. The minimum Gasteiger partial charge on any atom is -0.193 e. The average Bonchev–Trinajstić information content (AvgIpc) is 1.79. The van der Waals surface area contributed by atoms with E-state index in [9.17, 15) is 13.2 Å². The second-order valence-electron chi connectivity index (χ2n) is 2.38. The first kappa shape index (κ1) is 10.0. The Morgan fingerprint density at radius 3 is 2.00 bits per heavy atom. The van der Waals surface area contributed by atoms with Gasteiger partial charge in [0, 0.05) is 11.6 Å². The maximum Gasteiger partial charge on any atom is 0.413 e. The smallest absolute Gasteiger partial charge is 0.193 e. The Bertz CT molecular complexity index is 195. The number of halogens is 3. The zero-order chi connectivity index (χ0) is 9.07. The number of allylic oxidation sites excluding steroid dienone is 2. The molecule has 11 heavy (non-hydrogen) atoms. The maximum absolute atomic E-state index is 11.9. The van der Waals surface area contributed by atoms with Gasteiger partial charge < -0.3 is 0 Å². The fourth-order valence-electron chi connectivity index (χ4n) is 0.645. The van der Waals surface area contributed by atoms with Crippen molar-refractivity contribution >= 4 is 0 Å². The second-order valence-corrected chi connectivity index (χ2v) is 2.38. The van der Waals surface area contributed by atoms with Crippen LogP contribution >= 0.6 is 0 Å². The van der Waals surface area contributed by atoms with E-state index in [2.05, 4.69) is 0 Å². The highest BCUT2D eigenvalue weighted by atomic mass is 19.4. The van der Waals surface area contributed by atoms with Crippen LogP contribution in [0.4, 0.5) is 13.2 Å². The second kappa shape index (κ2) is 3.42. The summed E-state index contributed by atoms with van der Waals surface area (Å²) in [7, 11) is 0. The van der Waals surface area contributed by atoms with Gasteiger partial charge in [-0.25, -0.2) is 0 Å². The number of hydrogen-bond acceptors (Lipinski definition) is 1. The van der Waals surface area contributed by atoms with Gasteiger partial charge in [-0.2, -0.15) is 18.4 Å². The molecule has 62 valence electrons. The van der Waals surface area contributed by atoms with Crippen molar-refractivity contribution in [3.63, 3.8) is 0 Å². The SMILES string of the molecule is CC(C)/C(=C\C#N)C(F)(F)F. The molecule has 0 heterocycles. The minimum atomic E-state index is -4.37. The van der Waals surface area contributed by atoms with E-state index in [0.29, 0.717) is 6.08 Å². The lowest BCUT2D eigenvalue weighted by atomic mass is 10.0. The van der Waals surface area contributed by atoms with Crippen LogP contribution in [-0.2, 0) is 0 Å². The number of nitrogens with zero attached hydrogens (tertiary/aromatic N) is 1. The van der Waals surface area contributed by atoms with Crippen molar-refractivity contribution in [2.75, 3.05) is 0 Å². The molecule has 0 rings (SSSR count). The first-order valence-electron chi connectivity index (χ1n) is 3.06. The molecule has 0 N–H and O–H groups in total. The van der Waals surface area contributed by atoms with Crippen LogP contribution in [0.5, 0.6) is 0 Å². The van der Waals surface area contributed by atoms with Crippen LogP contribution in [0.25, 0.3) is 0 Å². The summed E-state index contributed by atoms with van der Waals surface area (Å²) in [5.74, 6) is -0.658. The fraction of sp³-hybridized carbons (Fsp3) is 0.571. The summed E-state index contributed by atoms with van der Waals surface area (Å²) in [6.07, 6.45) is -3.82. The van der Waals surface area contributed by atoms with E-state index < -0.39 is 17.7 Å². The van der Waals surface area contributed by atoms with Crippen molar-refractivity contribution in [3.05, 3.63) is 11.6 Å². The molecule has 0 radical (unpaired) electrons. The van der Waals surface area contributed by atoms with Crippen molar-refractivity contribution in [1.82, 2.24) is 0 Å². The van der Waals surface area contributed by atoms with E-state index in [1.807, 2.05) is 0 Å². The van der Waals surface area contributed by atoms with Gasteiger partial charge in [0.05, 0.1) is 6.07 Å². The lowest BCUT2D eigenvalue weighted by Gasteiger charge is -2.12. The molecule has 0 amide bonds. The molecule has 0 atom stereocenters. The molecule has 0 saturated heterocycles. The number of rotatable bonds is 1. The lowest BCUT2D eigenvalue weighted by Crippen LogP contribution is -2.16. The van der Waals surface area contributed by atoms with E-state index >= 15 is 0 Å². The Labute approximate surface area is 63.1 Å². The molecule has 0 aromatic carbocycles. The van der Waals surface area contributed by atoms with Gasteiger partial charge in [0.1, 0.15) is 0 Å². The van der Waals surface area contributed by atoms with E-state index in [-0.39, 0.29) is 0 Å². The lowest BCUT2D eigenvalue weighted by molar-refractivity contribution is -0.0975. The molecule has 0 aromatic rings. The average molecular weight is 163 g/mol. The van der Waals surface area contributed by atoms with Crippen LogP contribution in [-0.4, -0.2) is 6.18 Å². The molecule has 0 spiro atoms. The Morgan fingerprint density at radius 1 is 1.45 bits per heavy atom. The van der Waals surface area contributed by atoms with E-state index in [1.54, 1.807) is 0 Å². The summed E-state index contributed by atoms with van der Waals surface area (Å²) in [5, 5.41) is 8.02. The van der Waals surface area contributed by atoms with E-state index in [4.69, 9.17) is 5.26 Å². The maximum atomic E-state index is 11.9. The number of nitriles is 1. The third-order valence-corrected chi connectivity index (χ3v) is 1.17. The summed E-state index contributed by atoms with van der Waals surface area (Å²) in [6.45, 7) is 2.80. The monoisotopic (exact) mass is 163 g/mol. The third-order valence-electron chi connectivity index (χ3n) is 1.17. The zero-order valence-electron chi connectivity index (χ0n) is 6.24. The fourth-order valence-corrected chi connectivity index (χ4v) is 0.645. The van der Waals surface area contributed by atoms with Crippen LogP contribution < -0.4 is 0 Å². The summed E-state index contributed by atoms with van der Waals surface area (Å²) in [6, 6.07) is 1.37. The molecule has 0 aliphatic rings. The van der Waals surface area contributed by atoms with Gasteiger partial charge in [-0.15, -0.1) is 0 Å². The highest BCUT2D eigenvalue weighted by molar-refractivity contribution is 5.19. The van der Waals surface area contributed by atoms with Gasteiger partial charge in [-0.3, -0.25) is 0 Å². The van der Waals surface area contributed by atoms with Crippen LogP contribution in [0.2, 0.25) is 0 Å². The molecule has 0 aromatic heterocycles. The van der Waals surface area contributed by atoms with Gasteiger partial charge in [0.15, 0.2) is 0 Å². The van der Waals surface area contributed by atoms with Crippen molar-refractivity contribution in [2.24, 2.45) is 5.92 Å². The standard InChI is InChI=1S/C7H8F3N/c1-5(2)6(3-4-11)7(8,9)10/h3,5H,1-2H3/b6-3+. The van der Waals surface area contributed by atoms with Gasteiger partial charge in [0.2, 0.25) is 0 Å². The molecule has 0 saturated carbocycles. The van der Waals surface area contributed by atoms with Crippen LogP contribution in [0.1, 0.15) is 13.8 Å². The van der Waals surface area contributed by atoms with Gasteiger partial charge in [-0.1, -0.05) is 13.8 Å². The van der Waals surface area contributed by atoms with Gasteiger partial charge in [-0.05, 0) is 5.92 Å². The number of hydrogen-bond donors (Lipinski definition) is 0. The van der Waals surface area contributed by atoms with E-state index in [1.165, 1.54) is 19.9 Å². The van der Waals surface area contributed by atoms with Crippen molar-refractivity contribution in [1.29, 1.82) is 5.26 Å². The van der Waals surface area contributed by atoms with Gasteiger partial charge >= 0.3 is 6.18 Å². The first-order valence-corrected chi connectivity index (χ1v) is 3.06. The third kappa shape index (κ3) is 3.08. The Morgan fingerprint density at radius 2 is 1.91 bits per heavy atom. The molecule has 0 bridgehead atoms. The highest BCUT2D eigenvalue weighted by Crippen LogP contribution is 2.30. The minimum absolute atomic E-state index is 0.546. The van der Waals surface area contributed by atoms with Crippen LogP contribution in [0.3, 0.4) is 0 Å². The van der Waals surface area contributed by atoms with Crippen molar-refractivity contribution < 1.29 is 13.2 Å². The predicted molar refractivity (Wildman–Crippen MR) is 34.6 cm³/mol. The Hall–Kier alpha value is -0.980. The molecule has 1 nitrogen and oxygen atoms in total. The Kier molecular flexibility index (Phi) is 3.12. The topological polar surface area (TPSA) is 23.8 Å². The predicted octanol–water partition coefficient (Wildman–Crippen LogP) is 2.65. The molecule has 0 aliphatic heterocycles. The quantitative estimate of drug-likeness (QED) is 0.545. The molecular formula is C7H8F3N. The van der Waals surface area contributed by atoms with Crippen LogP contribution in [0, 0.1) is 17.2 Å². The molecule has 4 heteroatoms. The highest BCUT2D eigenvalue weighted by Gasteiger charge is 2.35. The summed E-state index contributed by atoms with van der Waals surface area (Å²) < 4.78 is 35.8. The van der Waals surface area contributed by atoms with E-state index in [0.717, 1.165) is 0 Å². The van der Waals surface area contributed by atoms with Crippen molar-refractivity contribution in [3.8, 4) is 6.07 Å². The first-order chi connectivity index (χ1) is 4.89. The number of alkyl halides is 3. The normalized spacial score (nSPS) is 13.4. The Balaban J connectivity index is 4.67. The molecule has 0 unspecified atom stereocenters. The summed E-state index contributed by atoms with van der Waals surface area (Å²) in [5.41, 5.74) is -0.778. The summed E-state index contributed by atoms with van der Waals surface area (Å²) in [4.78, 5) is 0. The molecule has 0 fully saturated rings. The zero-order valence-corrected chi connectivity index (χ0v) is 6.24. The molecule has 0 aliphatic carbocycles. The van der Waals surface area contributed by atoms with Crippen LogP contribution in [0.15, 0.2) is 11.6 Å². The molecular weight excluding hydrogens is 155 g/mol. The summed E-state index contributed by atoms with van der Waals surface area (Å²) >= 11 is 0. The van der Waals surface area contributed by atoms with Crippen molar-refractivity contribution in [2.45, 2.75) is 20.0 Å².